The van der Waals surface area contributed by atoms with Gasteiger partial charge in [0.1, 0.15) is 5.75 Å². The standard InChI is InChI=1S/C21H14N2O3S2/c24-16-9-4-8-15(11-16)19(25)22-23-20(26)18(28-21(23)27)12-14-7-3-6-13-5-1-2-10-17(13)14/h1-12,24H,(H,22,25)/b18-12+. The molecule has 2 N–H and O–H groups in total. The van der Waals surface area contributed by atoms with Crippen LogP contribution >= 0.6 is 24.0 Å². The highest BCUT2D eigenvalue weighted by atomic mass is 32.2. The number of phenolic OH excluding ortho intramolecular Hbond substituents is 1. The van der Waals surface area contributed by atoms with E-state index in [2.05, 4.69) is 5.43 Å². The van der Waals surface area contributed by atoms with E-state index >= 15 is 0 Å². The summed E-state index contributed by atoms with van der Waals surface area (Å²) in [5.74, 6) is -0.955. The predicted octanol–water partition coefficient (Wildman–Crippen LogP) is 4.09. The summed E-state index contributed by atoms with van der Waals surface area (Å²) in [4.78, 5) is 25.6. The number of nitrogens with one attached hydrogen (secondary N) is 1. The minimum absolute atomic E-state index is 0.0334. The molecule has 1 heterocycles. The zero-order valence-electron chi connectivity index (χ0n) is 14.5. The minimum atomic E-state index is -0.529. The van der Waals surface area contributed by atoms with Gasteiger partial charge < -0.3 is 5.11 Å². The van der Waals surface area contributed by atoms with Crippen LogP contribution < -0.4 is 5.43 Å². The van der Waals surface area contributed by atoms with E-state index < -0.39 is 11.8 Å². The van der Waals surface area contributed by atoms with Crippen molar-refractivity contribution in [2.24, 2.45) is 0 Å². The quantitative estimate of drug-likeness (QED) is 0.506. The number of aromatic hydroxyl groups is 1. The van der Waals surface area contributed by atoms with Crippen LogP contribution in [-0.2, 0) is 4.79 Å². The second-order valence-electron chi connectivity index (χ2n) is 6.08. The topological polar surface area (TPSA) is 69.6 Å². The van der Waals surface area contributed by atoms with Gasteiger partial charge in [-0.15, -0.1) is 0 Å². The lowest BCUT2D eigenvalue weighted by atomic mass is 10.0. The number of benzene rings is 3. The molecule has 0 bridgehead atoms. The Bertz CT molecular complexity index is 1150. The highest BCUT2D eigenvalue weighted by Gasteiger charge is 2.33. The molecule has 1 aliphatic heterocycles. The predicted molar refractivity (Wildman–Crippen MR) is 115 cm³/mol. The first-order valence-corrected chi connectivity index (χ1v) is 9.61. The average molecular weight is 406 g/mol. The zero-order chi connectivity index (χ0) is 19.7. The van der Waals surface area contributed by atoms with Crippen molar-refractivity contribution >= 4 is 57.0 Å². The van der Waals surface area contributed by atoms with Gasteiger partial charge in [0.15, 0.2) is 4.32 Å². The second kappa shape index (κ2) is 7.46. The van der Waals surface area contributed by atoms with Gasteiger partial charge in [-0.1, -0.05) is 60.3 Å². The number of rotatable bonds is 3. The summed E-state index contributed by atoms with van der Waals surface area (Å²) in [7, 11) is 0. The molecule has 138 valence electrons. The molecule has 3 aromatic rings. The van der Waals surface area contributed by atoms with Crippen LogP contribution in [0.5, 0.6) is 5.75 Å². The molecule has 5 nitrogen and oxygen atoms in total. The van der Waals surface area contributed by atoms with Gasteiger partial charge in [0, 0.05) is 5.56 Å². The molecule has 3 aromatic carbocycles. The third-order valence-corrected chi connectivity index (χ3v) is 5.53. The molecule has 0 aliphatic carbocycles. The van der Waals surface area contributed by atoms with Gasteiger partial charge in [0.05, 0.1) is 4.91 Å². The van der Waals surface area contributed by atoms with Crippen LogP contribution in [0.3, 0.4) is 0 Å². The Labute approximate surface area is 170 Å². The maximum absolute atomic E-state index is 12.8. The highest BCUT2D eigenvalue weighted by molar-refractivity contribution is 8.26. The van der Waals surface area contributed by atoms with Crippen LogP contribution in [-0.4, -0.2) is 26.3 Å². The molecule has 4 rings (SSSR count). The summed E-state index contributed by atoms with van der Waals surface area (Å²) in [6, 6.07) is 19.6. The van der Waals surface area contributed by atoms with Crippen molar-refractivity contribution in [2.45, 2.75) is 0 Å². The van der Waals surface area contributed by atoms with Crippen molar-refractivity contribution in [1.82, 2.24) is 10.4 Å². The number of phenols is 1. The zero-order valence-corrected chi connectivity index (χ0v) is 16.1. The number of carbonyl (C=O) groups is 2. The molecular weight excluding hydrogens is 392 g/mol. The number of nitrogens with zero attached hydrogens (tertiary/aromatic N) is 1. The first kappa shape index (κ1) is 18.2. The van der Waals surface area contributed by atoms with Gasteiger partial charge in [-0.3, -0.25) is 15.0 Å². The summed E-state index contributed by atoms with van der Waals surface area (Å²) in [6.07, 6.45) is 1.78. The fraction of sp³-hybridized carbons (Fsp3) is 0. The summed E-state index contributed by atoms with van der Waals surface area (Å²) >= 11 is 6.39. The number of hydrogen-bond acceptors (Lipinski definition) is 5. The van der Waals surface area contributed by atoms with Crippen molar-refractivity contribution in [1.29, 1.82) is 0 Å². The van der Waals surface area contributed by atoms with Gasteiger partial charge in [0.25, 0.3) is 11.8 Å². The second-order valence-corrected chi connectivity index (χ2v) is 7.75. The molecule has 1 saturated heterocycles. The van der Waals surface area contributed by atoms with E-state index in [1.54, 1.807) is 18.2 Å². The van der Waals surface area contributed by atoms with Crippen molar-refractivity contribution < 1.29 is 14.7 Å². The lowest BCUT2D eigenvalue weighted by Gasteiger charge is -2.15. The van der Waals surface area contributed by atoms with E-state index in [1.165, 1.54) is 12.1 Å². The van der Waals surface area contributed by atoms with E-state index in [0.29, 0.717) is 4.91 Å². The number of hydrogen-bond donors (Lipinski definition) is 2. The molecule has 0 saturated carbocycles. The van der Waals surface area contributed by atoms with Gasteiger partial charge in [-0.2, -0.15) is 5.01 Å². The van der Waals surface area contributed by atoms with Crippen LogP contribution in [0.1, 0.15) is 15.9 Å². The Morgan fingerprint density at radius 3 is 2.64 bits per heavy atom. The maximum Gasteiger partial charge on any atom is 0.285 e. The molecule has 1 aliphatic rings. The van der Waals surface area contributed by atoms with Crippen molar-refractivity contribution in [3.8, 4) is 5.75 Å². The van der Waals surface area contributed by atoms with Gasteiger partial charge in [-0.25, -0.2) is 0 Å². The highest BCUT2D eigenvalue weighted by Crippen LogP contribution is 2.33. The Morgan fingerprint density at radius 2 is 1.82 bits per heavy atom. The number of hydrazine groups is 1. The fourth-order valence-electron chi connectivity index (χ4n) is 2.89. The van der Waals surface area contributed by atoms with E-state index in [4.69, 9.17) is 12.2 Å². The first-order valence-electron chi connectivity index (χ1n) is 8.39. The summed E-state index contributed by atoms with van der Waals surface area (Å²) in [5, 5.41) is 12.7. The van der Waals surface area contributed by atoms with Crippen LogP contribution in [0.15, 0.2) is 71.6 Å². The molecular formula is C21H14N2O3S2. The van der Waals surface area contributed by atoms with E-state index in [9.17, 15) is 14.7 Å². The van der Waals surface area contributed by atoms with E-state index in [0.717, 1.165) is 33.1 Å². The van der Waals surface area contributed by atoms with Crippen molar-refractivity contribution in [2.75, 3.05) is 0 Å². The third-order valence-electron chi connectivity index (χ3n) is 4.23. The van der Waals surface area contributed by atoms with Crippen LogP contribution in [0.25, 0.3) is 16.8 Å². The van der Waals surface area contributed by atoms with E-state index in [-0.39, 0.29) is 15.6 Å². The summed E-state index contributed by atoms with van der Waals surface area (Å²) in [5.41, 5.74) is 3.64. The third kappa shape index (κ3) is 3.49. The SMILES string of the molecule is O=C(NN1C(=O)/C(=C\c2cccc3ccccc23)SC1=S)c1cccc(O)c1. The summed E-state index contributed by atoms with van der Waals surface area (Å²) in [6.45, 7) is 0. The average Bonchev–Trinajstić information content (AvgIpc) is 2.95. The number of amides is 2. The molecule has 7 heteroatoms. The molecule has 0 radical (unpaired) electrons. The van der Waals surface area contributed by atoms with Crippen molar-refractivity contribution in [3.63, 3.8) is 0 Å². The Kier molecular flexibility index (Phi) is 4.85. The lowest BCUT2D eigenvalue weighted by molar-refractivity contribution is -0.123. The Balaban J connectivity index is 1.60. The van der Waals surface area contributed by atoms with Crippen LogP contribution in [0.4, 0.5) is 0 Å². The lowest BCUT2D eigenvalue weighted by Crippen LogP contribution is -2.44. The maximum atomic E-state index is 12.8. The summed E-state index contributed by atoms with van der Waals surface area (Å²) < 4.78 is 0.241. The molecule has 28 heavy (non-hydrogen) atoms. The van der Waals surface area contributed by atoms with Gasteiger partial charge in [-0.05, 0) is 52.8 Å². The molecule has 0 atom stereocenters. The molecule has 0 unspecified atom stereocenters. The van der Waals surface area contributed by atoms with Crippen molar-refractivity contribution in [3.05, 3.63) is 82.8 Å². The van der Waals surface area contributed by atoms with E-state index in [1.807, 2.05) is 42.5 Å². The molecule has 0 aromatic heterocycles. The van der Waals surface area contributed by atoms with Crippen LogP contribution in [0.2, 0.25) is 0 Å². The number of fused-ring (bicyclic) bond motifs is 1. The monoisotopic (exact) mass is 406 g/mol. The minimum Gasteiger partial charge on any atom is -0.508 e. The number of thiocarbonyl (C=S) groups is 1. The van der Waals surface area contributed by atoms with Crippen LogP contribution in [0, 0.1) is 0 Å². The fourth-order valence-corrected chi connectivity index (χ4v) is 4.07. The molecule has 1 fully saturated rings. The molecule has 0 spiro atoms. The largest absolute Gasteiger partial charge is 0.508 e. The van der Waals surface area contributed by atoms with Gasteiger partial charge in [0.2, 0.25) is 0 Å². The van der Waals surface area contributed by atoms with Gasteiger partial charge >= 0.3 is 0 Å². The molecule has 2 amide bonds. The Morgan fingerprint density at radius 1 is 1.07 bits per heavy atom. The number of thioether (sulfide) groups is 1. The Hall–Kier alpha value is -3.16. The first-order chi connectivity index (χ1) is 13.5. The number of carbonyl (C=O) groups excluding carboxylic acids is 2. The smallest absolute Gasteiger partial charge is 0.285 e. The normalized spacial score (nSPS) is 15.4.